The highest BCUT2D eigenvalue weighted by atomic mass is 32.2. The minimum Gasteiger partial charge on any atom is -0.469 e. The largest absolute Gasteiger partial charge is 0.469 e. The maximum Gasteiger partial charge on any atom is 0.306 e. The van der Waals surface area contributed by atoms with Crippen LogP contribution in [-0.4, -0.2) is 49.5 Å². The van der Waals surface area contributed by atoms with Crippen molar-refractivity contribution >= 4 is 23.6 Å². The molecule has 0 bridgehead atoms. The summed E-state index contributed by atoms with van der Waals surface area (Å²) in [6.45, 7) is 0. The third-order valence-electron chi connectivity index (χ3n) is 3.07. The van der Waals surface area contributed by atoms with Crippen LogP contribution in [0.5, 0.6) is 0 Å². The van der Waals surface area contributed by atoms with E-state index in [4.69, 9.17) is 4.74 Å². The third-order valence-corrected chi connectivity index (χ3v) is 4.38. The summed E-state index contributed by atoms with van der Waals surface area (Å²) in [4.78, 5) is 24.2. The number of nitrogens with zero attached hydrogens (tertiary/aromatic N) is 1. The molecule has 0 aromatic carbocycles. The van der Waals surface area contributed by atoms with Crippen molar-refractivity contribution in [3.63, 3.8) is 0 Å². The summed E-state index contributed by atoms with van der Waals surface area (Å²) < 4.78 is 4.69. The van der Waals surface area contributed by atoms with Crippen LogP contribution in [0.1, 0.15) is 25.7 Å². The molecule has 1 aliphatic rings. The lowest BCUT2D eigenvalue weighted by molar-refractivity contribution is -0.141. The second-order valence-corrected chi connectivity index (χ2v) is 5.95. The Balaban J connectivity index is 2.14. The Morgan fingerprint density at radius 2 is 2.00 bits per heavy atom. The summed E-state index contributed by atoms with van der Waals surface area (Å²) in [6, 6.07) is 0. The smallest absolute Gasteiger partial charge is 0.306 e. The fourth-order valence-electron chi connectivity index (χ4n) is 1.60. The van der Waals surface area contributed by atoms with Crippen molar-refractivity contribution in [3.05, 3.63) is 0 Å². The van der Waals surface area contributed by atoms with Crippen molar-refractivity contribution < 1.29 is 14.3 Å². The van der Waals surface area contributed by atoms with Gasteiger partial charge in [0.2, 0.25) is 5.91 Å². The molecule has 0 N–H and O–H groups in total. The zero-order valence-electron chi connectivity index (χ0n) is 10.8. The van der Waals surface area contributed by atoms with Crippen LogP contribution >= 0.6 is 11.8 Å². The summed E-state index contributed by atoms with van der Waals surface area (Å²) in [5.74, 6) is 1.84. The van der Waals surface area contributed by atoms with Gasteiger partial charge in [-0.3, -0.25) is 9.59 Å². The SMILES string of the molecule is COC(=O)CC1(CSCCC(=O)N(C)C)CC1. The van der Waals surface area contributed by atoms with Crippen LogP contribution in [0.15, 0.2) is 0 Å². The molecule has 5 heteroatoms. The second kappa shape index (κ2) is 6.28. The lowest BCUT2D eigenvalue weighted by Crippen LogP contribution is -2.22. The Kier molecular flexibility index (Phi) is 5.31. The van der Waals surface area contributed by atoms with Gasteiger partial charge in [-0.25, -0.2) is 0 Å². The normalized spacial score (nSPS) is 16.4. The summed E-state index contributed by atoms with van der Waals surface area (Å²) in [5.41, 5.74) is 0.166. The highest BCUT2D eigenvalue weighted by Crippen LogP contribution is 2.51. The van der Waals surface area contributed by atoms with Crippen LogP contribution in [0.2, 0.25) is 0 Å². The number of rotatable bonds is 7. The van der Waals surface area contributed by atoms with E-state index >= 15 is 0 Å². The predicted octanol–water partition coefficient (Wildman–Crippen LogP) is 1.54. The average molecular weight is 259 g/mol. The number of thioether (sulfide) groups is 1. The van der Waals surface area contributed by atoms with Crippen molar-refractivity contribution in [2.24, 2.45) is 5.41 Å². The van der Waals surface area contributed by atoms with Crippen LogP contribution in [0.4, 0.5) is 0 Å². The molecule has 17 heavy (non-hydrogen) atoms. The van der Waals surface area contributed by atoms with Gasteiger partial charge in [-0.1, -0.05) is 0 Å². The van der Waals surface area contributed by atoms with E-state index in [1.165, 1.54) is 7.11 Å². The quantitative estimate of drug-likeness (QED) is 0.514. The number of carbonyl (C=O) groups is 2. The zero-order chi connectivity index (χ0) is 12.9. The Hall–Kier alpha value is -0.710. The van der Waals surface area contributed by atoms with Crippen LogP contribution in [0.25, 0.3) is 0 Å². The monoisotopic (exact) mass is 259 g/mol. The molecule has 0 spiro atoms. The first-order valence-corrected chi connectivity index (χ1v) is 6.99. The van der Waals surface area contributed by atoms with Gasteiger partial charge in [0.1, 0.15) is 0 Å². The molecule has 0 aliphatic heterocycles. The molecule has 1 amide bonds. The highest BCUT2D eigenvalue weighted by Gasteiger charge is 2.44. The number of ether oxygens (including phenoxy) is 1. The van der Waals surface area contributed by atoms with Gasteiger partial charge in [-0.2, -0.15) is 11.8 Å². The van der Waals surface area contributed by atoms with E-state index in [1.54, 1.807) is 30.8 Å². The summed E-state index contributed by atoms with van der Waals surface area (Å²) in [7, 11) is 4.97. The first-order chi connectivity index (χ1) is 7.99. The van der Waals surface area contributed by atoms with Gasteiger partial charge in [0.05, 0.1) is 13.5 Å². The minimum atomic E-state index is -0.118. The molecule has 1 aliphatic carbocycles. The summed E-state index contributed by atoms with van der Waals surface area (Å²) in [5, 5.41) is 0. The van der Waals surface area contributed by atoms with E-state index < -0.39 is 0 Å². The van der Waals surface area contributed by atoms with Crippen molar-refractivity contribution in [2.75, 3.05) is 32.7 Å². The van der Waals surface area contributed by atoms with Crippen LogP contribution in [0, 0.1) is 5.41 Å². The number of amides is 1. The molecule has 1 saturated carbocycles. The van der Waals surface area contributed by atoms with E-state index in [0.717, 1.165) is 24.3 Å². The predicted molar refractivity (Wildman–Crippen MR) is 68.9 cm³/mol. The van der Waals surface area contributed by atoms with Crippen LogP contribution < -0.4 is 0 Å². The van der Waals surface area contributed by atoms with E-state index in [-0.39, 0.29) is 17.3 Å². The van der Waals surface area contributed by atoms with Gasteiger partial charge in [-0.15, -0.1) is 0 Å². The Morgan fingerprint density at radius 3 is 2.47 bits per heavy atom. The Morgan fingerprint density at radius 1 is 1.35 bits per heavy atom. The maximum atomic E-state index is 11.3. The Labute approximate surface area is 107 Å². The maximum absolute atomic E-state index is 11.3. The number of methoxy groups -OCH3 is 1. The fraction of sp³-hybridized carbons (Fsp3) is 0.833. The number of hydrogen-bond acceptors (Lipinski definition) is 4. The molecule has 1 fully saturated rings. The standard InChI is InChI=1S/C12H21NO3S/c1-13(2)10(14)4-7-17-9-12(5-6-12)8-11(15)16-3/h4-9H2,1-3H3. The molecular weight excluding hydrogens is 238 g/mol. The first-order valence-electron chi connectivity index (χ1n) is 5.84. The van der Waals surface area contributed by atoms with Gasteiger partial charge >= 0.3 is 5.97 Å². The van der Waals surface area contributed by atoms with Gasteiger partial charge in [-0.05, 0) is 24.0 Å². The second-order valence-electron chi connectivity index (χ2n) is 4.84. The third kappa shape index (κ3) is 4.98. The van der Waals surface area contributed by atoms with E-state index in [9.17, 15) is 9.59 Å². The molecule has 1 rings (SSSR count). The Bertz CT molecular complexity index is 287. The molecule has 0 radical (unpaired) electrons. The molecule has 0 heterocycles. The van der Waals surface area contributed by atoms with Crippen molar-refractivity contribution in [1.29, 1.82) is 0 Å². The highest BCUT2D eigenvalue weighted by molar-refractivity contribution is 7.99. The molecule has 0 saturated heterocycles. The van der Waals surface area contributed by atoms with Gasteiger partial charge in [0, 0.05) is 26.3 Å². The van der Waals surface area contributed by atoms with Crippen molar-refractivity contribution in [2.45, 2.75) is 25.7 Å². The number of hydrogen-bond donors (Lipinski definition) is 0. The fourth-order valence-corrected chi connectivity index (χ4v) is 2.89. The lowest BCUT2D eigenvalue weighted by Gasteiger charge is -2.13. The minimum absolute atomic E-state index is 0.118. The number of carbonyl (C=O) groups excluding carboxylic acids is 2. The summed E-state index contributed by atoms with van der Waals surface area (Å²) in [6.07, 6.45) is 3.32. The van der Waals surface area contributed by atoms with Gasteiger partial charge in [0.15, 0.2) is 0 Å². The molecule has 0 unspecified atom stereocenters. The lowest BCUT2D eigenvalue weighted by atomic mass is 10.1. The van der Waals surface area contributed by atoms with E-state index in [0.29, 0.717) is 12.8 Å². The van der Waals surface area contributed by atoms with E-state index in [1.807, 2.05) is 0 Å². The number of esters is 1. The topological polar surface area (TPSA) is 46.6 Å². The molecule has 0 aromatic rings. The van der Waals surface area contributed by atoms with Crippen molar-refractivity contribution in [3.8, 4) is 0 Å². The summed E-state index contributed by atoms with van der Waals surface area (Å²) >= 11 is 1.77. The molecule has 4 nitrogen and oxygen atoms in total. The first kappa shape index (κ1) is 14.4. The van der Waals surface area contributed by atoms with Crippen LogP contribution in [0.3, 0.4) is 0 Å². The van der Waals surface area contributed by atoms with E-state index in [2.05, 4.69) is 0 Å². The molecule has 98 valence electrons. The van der Waals surface area contributed by atoms with Gasteiger partial charge in [0.25, 0.3) is 0 Å². The molecule has 0 atom stereocenters. The molecule has 0 aromatic heterocycles. The van der Waals surface area contributed by atoms with Crippen LogP contribution in [-0.2, 0) is 14.3 Å². The van der Waals surface area contributed by atoms with Crippen molar-refractivity contribution in [1.82, 2.24) is 4.90 Å². The zero-order valence-corrected chi connectivity index (χ0v) is 11.6. The van der Waals surface area contributed by atoms with Gasteiger partial charge < -0.3 is 9.64 Å². The molecular formula is C12H21NO3S. The average Bonchev–Trinajstić information content (AvgIpc) is 3.04.